The lowest BCUT2D eigenvalue weighted by molar-refractivity contribution is -0.192. The van der Waals surface area contributed by atoms with E-state index in [2.05, 4.69) is 36.6 Å². The molecule has 1 aromatic carbocycles. The first-order valence-electron chi connectivity index (χ1n) is 10.3. The number of anilines is 2. The molecule has 0 amide bonds. The summed E-state index contributed by atoms with van der Waals surface area (Å²) in [7, 11) is 0. The number of aliphatic carboxylic acids is 1. The van der Waals surface area contributed by atoms with Crippen LogP contribution in [-0.2, 0) is 11.3 Å². The number of carboxylic acid groups (broad SMARTS) is 1. The van der Waals surface area contributed by atoms with Crippen LogP contribution < -0.4 is 15.5 Å². The standard InChI is InChI=1S/C20H21ClN6.C2HF3O2/c21-17-3-1-2-16(13-17)20-24-7-5-18(26-20)25-14-15-4-6-23-19(12-15)27-10-8-22-9-11-27;3-2(4,5)1(6)7/h1-7,12-13,22H,8-11,14H2,(H,24,25,26);(H,6,7). The van der Waals surface area contributed by atoms with Gasteiger partial charge in [0.1, 0.15) is 11.6 Å². The number of nitrogens with one attached hydrogen (secondary N) is 2. The van der Waals surface area contributed by atoms with E-state index in [-0.39, 0.29) is 0 Å². The second-order valence-electron chi connectivity index (χ2n) is 7.19. The normalized spacial score (nSPS) is 13.6. The predicted octanol–water partition coefficient (Wildman–Crippen LogP) is 3.85. The van der Waals surface area contributed by atoms with Crippen molar-refractivity contribution in [1.82, 2.24) is 20.3 Å². The third-order valence-corrected chi connectivity index (χ3v) is 4.94. The van der Waals surface area contributed by atoms with E-state index in [1.807, 2.05) is 42.6 Å². The van der Waals surface area contributed by atoms with Gasteiger partial charge >= 0.3 is 12.1 Å². The highest BCUT2D eigenvalue weighted by atomic mass is 35.5. The van der Waals surface area contributed by atoms with E-state index in [0.717, 1.165) is 43.4 Å². The molecule has 12 heteroatoms. The Morgan fingerprint density at radius 2 is 1.82 bits per heavy atom. The van der Waals surface area contributed by atoms with Gasteiger partial charge in [0.05, 0.1) is 0 Å². The molecule has 34 heavy (non-hydrogen) atoms. The largest absolute Gasteiger partial charge is 0.490 e. The van der Waals surface area contributed by atoms with Gasteiger partial charge in [-0.25, -0.2) is 19.7 Å². The van der Waals surface area contributed by atoms with E-state index in [1.54, 1.807) is 6.20 Å². The maximum atomic E-state index is 10.6. The molecule has 1 aliphatic rings. The van der Waals surface area contributed by atoms with Crippen molar-refractivity contribution < 1.29 is 23.1 Å². The molecule has 0 unspecified atom stereocenters. The van der Waals surface area contributed by atoms with Crippen LogP contribution in [0.2, 0.25) is 5.02 Å². The van der Waals surface area contributed by atoms with Crippen LogP contribution in [0.1, 0.15) is 5.56 Å². The zero-order valence-electron chi connectivity index (χ0n) is 17.9. The number of hydrogen-bond acceptors (Lipinski definition) is 7. The summed E-state index contributed by atoms with van der Waals surface area (Å²) in [5.74, 6) is -0.301. The summed E-state index contributed by atoms with van der Waals surface area (Å²) in [5.41, 5.74) is 2.07. The number of aromatic nitrogens is 3. The molecule has 0 bridgehead atoms. The molecule has 3 heterocycles. The Labute approximate surface area is 198 Å². The van der Waals surface area contributed by atoms with Crippen molar-refractivity contribution in [3.05, 3.63) is 65.4 Å². The zero-order chi connectivity index (χ0) is 24.6. The van der Waals surface area contributed by atoms with E-state index in [0.29, 0.717) is 17.4 Å². The van der Waals surface area contributed by atoms with Crippen molar-refractivity contribution >= 4 is 29.2 Å². The monoisotopic (exact) mass is 494 g/mol. The number of benzene rings is 1. The van der Waals surface area contributed by atoms with Crippen LogP contribution in [0.5, 0.6) is 0 Å². The van der Waals surface area contributed by atoms with Gasteiger partial charge in [-0.3, -0.25) is 0 Å². The summed E-state index contributed by atoms with van der Waals surface area (Å²) in [5, 5.41) is 14.5. The molecule has 1 fully saturated rings. The Kier molecular flexibility index (Phi) is 8.61. The lowest BCUT2D eigenvalue weighted by Crippen LogP contribution is -2.43. The van der Waals surface area contributed by atoms with Crippen molar-refractivity contribution in [1.29, 1.82) is 0 Å². The Bertz CT molecular complexity index is 1110. The molecule has 3 aromatic rings. The van der Waals surface area contributed by atoms with Gasteiger partial charge in [-0.05, 0) is 35.9 Å². The van der Waals surface area contributed by atoms with Crippen molar-refractivity contribution in [3.8, 4) is 11.4 Å². The van der Waals surface area contributed by atoms with Crippen LogP contribution in [0, 0.1) is 0 Å². The van der Waals surface area contributed by atoms with Gasteiger partial charge in [0.2, 0.25) is 0 Å². The topological polar surface area (TPSA) is 103 Å². The minimum atomic E-state index is -5.08. The molecular formula is C22H22ClF3N6O2. The third kappa shape index (κ3) is 7.56. The second-order valence-corrected chi connectivity index (χ2v) is 7.63. The highest BCUT2D eigenvalue weighted by molar-refractivity contribution is 6.30. The van der Waals surface area contributed by atoms with E-state index in [4.69, 9.17) is 21.5 Å². The molecule has 2 aromatic heterocycles. The molecule has 180 valence electrons. The maximum Gasteiger partial charge on any atom is 0.490 e. The predicted molar refractivity (Wildman–Crippen MR) is 123 cm³/mol. The average Bonchev–Trinajstić information content (AvgIpc) is 2.83. The van der Waals surface area contributed by atoms with Crippen molar-refractivity contribution in [2.75, 3.05) is 36.4 Å². The Morgan fingerprint density at radius 3 is 2.50 bits per heavy atom. The molecule has 8 nitrogen and oxygen atoms in total. The molecule has 1 saturated heterocycles. The van der Waals surface area contributed by atoms with Crippen molar-refractivity contribution in [2.24, 2.45) is 0 Å². The summed E-state index contributed by atoms with van der Waals surface area (Å²) in [6, 6.07) is 13.6. The second kappa shape index (κ2) is 11.6. The average molecular weight is 495 g/mol. The van der Waals surface area contributed by atoms with E-state index in [9.17, 15) is 13.2 Å². The van der Waals surface area contributed by atoms with Gasteiger partial charge in [-0.15, -0.1) is 0 Å². The summed E-state index contributed by atoms with van der Waals surface area (Å²) < 4.78 is 31.7. The van der Waals surface area contributed by atoms with Gasteiger partial charge in [0.25, 0.3) is 0 Å². The first-order chi connectivity index (χ1) is 16.2. The van der Waals surface area contributed by atoms with Gasteiger partial charge in [0.15, 0.2) is 5.82 Å². The number of carboxylic acids is 1. The minimum absolute atomic E-state index is 0.652. The molecule has 0 radical (unpaired) electrons. The molecular weight excluding hydrogens is 473 g/mol. The summed E-state index contributed by atoms with van der Waals surface area (Å²) in [6.07, 6.45) is -1.46. The Hall–Kier alpha value is -3.44. The third-order valence-electron chi connectivity index (χ3n) is 4.71. The summed E-state index contributed by atoms with van der Waals surface area (Å²) in [4.78, 5) is 24.7. The lowest BCUT2D eigenvalue weighted by Gasteiger charge is -2.28. The van der Waals surface area contributed by atoms with Crippen LogP contribution in [0.3, 0.4) is 0 Å². The van der Waals surface area contributed by atoms with Crippen LogP contribution in [-0.4, -0.2) is 58.4 Å². The Balaban J connectivity index is 0.000000406. The Morgan fingerprint density at radius 1 is 1.12 bits per heavy atom. The summed E-state index contributed by atoms with van der Waals surface area (Å²) in [6.45, 7) is 4.64. The number of nitrogens with zero attached hydrogens (tertiary/aromatic N) is 4. The van der Waals surface area contributed by atoms with Crippen LogP contribution >= 0.6 is 11.6 Å². The number of carbonyl (C=O) groups is 1. The van der Waals surface area contributed by atoms with Gasteiger partial charge < -0.3 is 20.6 Å². The molecule has 4 rings (SSSR count). The number of halogens is 4. The number of piperazine rings is 1. The van der Waals surface area contributed by atoms with Crippen molar-refractivity contribution in [3.63, 3.8) is 0 Å². The number of alkyl halides is 3. The SMILES string of the molecule is Clc1cccc(-c2nccc(NCc3ccnc(N4CCNCC4)c3)n2)c1.O=C(O)C(F)(F)F. The van der Waals surface area contributed by atoms with E-state index in [1.165, 1.54) is 5.56 Å². The number of pyridine rings is 1. The fourth-order valence-electron chi connectivity index (χ4n) is 3.05. The summed E-state index contributed by atoms with van der Waals surface area (Å²) >= 11 is 6.07. The highest BCUT2D eigenvalue weighted by Gasteiger charge is 2.38. The first kappa shape index (κ1) is 25.2. The van der Waals surface area contributed by atoms with Crippen LogP contribution in [0.15, 0.2) is 54.9 Å². The van der Waals surface area contributed by atoms with Gasteiger partial charge in [-0.1, -0.05) is 23.7 Å². The lowest BCUT2D eigenvalue weighted by atomic mass is 10.2. The number of rotatable bonds is 5. The molecule has 0 aliphatic carbocycles. The van der Waals surface area contributed by atoms with Gasteiger partial charge in [-0.2, -0.15) is 13.2 Å². The first-order valence-corrected chi connectivity index (χ1v) is 10.6. The molecule has 1 aliphatic heterocycles. The van der Waals surface area contributed by atoms with E-state index < -0.39 is 12.1 Å². The highest BCUT2D eigenvalue weighted by Crippen LogP contribution is 2.21. The van der Waals surface area contributed by atoms with Crippen LogP contribution in [0.4, 0.5) is 24.8 Å². The quantitative estimate of drug-likeness (QED) is 0.491. The molecule has 0 spiro atoms. The zero-order valence-corrected chi connectivity index (χ0v) is 18.6. The van der Waals surface area contributed by atoms with Gasteiger partial charge in [0, 0.05) is 55.7 Å². The van der Waals surface area contributed by atoms with Crippen LogP contribution in [0.25, 0.3) is 11.4 Å². The molecule has 0 saturated carbocycles. The molecule has 0 atom stereocenters. The fraction of sp³-hybridized carbons (Fsp3) is 0.273. The fourth-order valence-corrected chi connectivity index (χ4v) is 3.24. The van der Waals surface area contributed by atoms with Crippen molar-refractivity contribution in [2.45, 2.75) is 12.7 Å². The minimum Gasteiger partial charge on any atom is -0.475 e. The number of hydrogen-bond donors (Lipinski definition) is 3. The van der Waals surface area contributed by atoms with E-state index >= 15 is 0 Å². The smallest absolute Gasteiger partial charge is 0.475 e. The molecule has 3 N–H and O–H groups in total. The maximum absolute atomic E-state index is 10.6.